The van der Waals surface area contributed by atoms with Crippen LogP contribution in [0, 0.1) is 12.3 Å². The smallest absolute Gasteiger partial charge is 0.211 e. The zero-order valence-corrected chi connectivity index (χ0v) is 5.22. The van der Waals surface area contributed by atoms with Gasteiger partial charge in [0.2, 0.25) is 6.08 Å². The van der Waals surface area contributed by atoms with Gasteiger partial charge in [0.25, 0.3) is 0 Å². The van der Waals surface area contributed by atoms with E-state index in [-0.39, 0.29) is 0 Å². The number of nitrogens with zero attached hydrogens (tertiary/aromatic N) is 1. The Morgan fingerprint density at radius 3 is 2.75 bits per heavy atom. The summed E-state index contributed by atoms with van der Waals surface area (Å²) in [5.74, 6) is 0.507. The second-order valence-electron chi connectivity index (χ2n) is 1.91. The summed E-state index contributed by atoms with van der Waals surface area (Å²) in [6.45, 7) is 4.59. The third kappa shape index (κ3) is 5.38. The molecule has 0 atom stereocenters. The van der Waals surface area contributed by atoms with Crippen LogP contribution >= 0.6 is 0 Å². The second-order valence-corrected chi connectivity index (χ2v) is 1.91. The van der Waals surface area contributed by atoms with E-state index < -0.39 is 0 Å². The van der Waals surface area contributed by atoms with Crippen LogP contribution in [0.15, 0.2) is 4.99 Å². The normalized spacial score (nSPS) is 8.88. The molecule has 8 heavy (non-hydrogen) atoms. The minimum atomic E-state index is 0.501. The maximum atomic E-state index is 9.47. The number of aliphatic imine (C=N–C) groups is 1. The number of hydrogen-bond donors (Lipinski definition) is 0. The summed E-state index contributed by atoms with van der Waals surface area (Å²) in [6, 6.07) is 0. The summed E-state index contributed by atoms with van der Waals surface area (Å²) in [4.78, 5) is 12.8. The molecule has 0 bridgehead atoms. The standard InChI is InChI=1S/C6H10NO/c1-6(2)3-4-7-5-8/h3,6H,4H2,1-2H3. The lowest BCUT2D eigenvalue weighted by Crippen LogP contribution is -1.90. The topological polar surface area (TPSA) is 29.4 Å². The molecule has 0 saturated carbocycles. The van der Waals surface area contributed by atoms with E-state index in [4.69, 9.17) is 0 Å². The van der Waals surface area contributed by atoms with Crippen LogP contribution in [0.4, 0.5) is 0 Å². The van der Waals surface area contributed by atoms with Gasteiger partial charge in [0.05, 0.1) is 6.54 Å². The van der Waals surface area contributed by atoms with E-state index in [9.17, 15) is 4.79 Å². The largest absolute Gasteiger partial charge is 0.234 e. The monoisotopic (exact) mass is 112 g/mol. The van der Waals surface area contributed by atoms with Crippen LogP contribution in [-0.4, -0.2) is 12.6 Å². The predicted octanol–water partition coefficient (Wildman–Crippen LogP) is 1.18. The Morgan fingerprint density at radius 1 is 1.75 bits per heavy atom. The summed E-state index contributed by atoms with van der Waals surface area (Å²) >= 11 is 0. The molecule has 1 radical (unpaired) electrons. The van der Waals surface area contributed by atoms with E-state index in [0.717, 1.165) is 0 Å². The van der Waals surface area contributed by atoms with Crippen molar-refractivity contribution in [3.8, 4) is 0 Å². The quantitative estimate of drug-likeness (QED) is 0.398. The Bertz CT molecular complexity index is 92.7. The fraction of sp³-hybridized carbons (Fsp3) is 0.667. The summed E-state index contributed by atoms with van der Waals surface area (Å²) < 4.78 is 0. The molecule has 0 amide bonds. The molecule has 0 aliphatic rings. The summed E-state index contributed by atoms with van der Waals surface area (Å²) in [5, 5.41) is 0. The second kappa shape index (κ2) is 4.54. The van der Waals surface area contributed by atoms with Crippen LogP contribution in [0.2, 0.25) is 0 Å². The van der Waals surface area contributed by atoms with Crippen molar-refractivity contribution in [2.45, 2.75) is 13.8 Å². The zero-order valence-electron chi connectivity index (χ0n) is 5.22. The van der Waals surface area contributed by atoms with Gasteiger partial charge in [-0.1, -0.05) is 13.8 Å². The molecule has 2 heteroatoms. The first-order chi connectivity index (χ1) is 3.77. The Morgan fingerprint density at radius 2 is 2.38 bits per heavy atom. The molecule has 0 aromatic carbocycles. The van der Waals surface area contributed by atoms with Gasteiger partial charge >= 0.3 is 0 Å². The Kier molecular flexibility index (Phi) is 4.19. The molecular weight excluding hydrogens is 102 g/mol. The number of isocyanates is 1. The maximum Gasteiger partial charge on any atom is 0.234 e. The van der Waals surface area contributed by atoms with Crippen LogP contribution in [0.5, 0.6) is 0 Å². The van der Waals surface area contributed by atoms with Gasteiger partial charge in [-0.05, 0) is 12.3 Å². The van der Waals surface area contributed by atoms with Gasteiger partial charge in [0.1, 0.15) is 0 Å². The molecule has 0 saturated heterocycles. The molecule has 0 N–H and O–H groups in total. The molecule has 0 aromatic heterocycles. The van der Waals surface area contributed by atoms with Gasteiger partial charge in [0, 0.05) is 0 Å². The predicted molar refractivity (Wildman–Crippen MR) is 32.1 cm³/mol. The van der Waals surface area contributed by atoms with Crippen LogP contribution in [0.3, 0.4) is 0 Å². The number of rotatable bonds is 3. The van der Waals surface area contributed by atoms with E-state index in [1.807, 2.05) is 20.3 Å². The van der Waals surface area contributed by atoms with E-state index >= 15 is 0 Å². The van der Waals surface area contributed by atoms with Gasteiger partial charge in [-0.25, -0.2) is 9.79 Å². The molecule has 0 fully saturated rings. The third-order valence-corrected chi connectivity index (χ3v) is 0.733. The average molecular weight is 112 g/mol. The molecule has 0 heterocycles. The molecule has 0 unspecified atom stereocenters. The molecule has 0 rings (SSSR count). The lowest BCUT2D eigenvalue weighted by atomic mass is 10.1. The fourth-order valence-corrected chi connectivity index (χ4v) is 0.301. The number of hydrogen-bond acceptors (Lipinski definition) is 2. The van der Waals surface area contributed by atoms with Crippen molar-refractivity contribution >= 4 is 6.08 Å². The van der Waals surface area contributed by atoms with Crippen molar-refractivity contribution in [1.29, 1.82) is 0 Å². The SMILES string of the molecule is CC(C)[CH]CN=C=O. The van der Waals surface area contributed by atoms with Gasteiger partial charge in [0.15, 0.2) is 0 Å². The Hall–Kier alpha value is -0.620. The summed E-state index contributed by atoms with van der Waals surface area (Å²) in [7, 11) is 0. The highest BCUT2D eigenvalue weighted by atomic mass is 16.1. The molecule has 2 nitrogen and oxygen atoms in total. The van der Waals surface area contributed by atoms with Gasteiger partial charge in [-0.3, -0.25) is 0 Å². The van der Waals surface area contributed by atoms with Crippen LogP contribution in [-0.2, 0) is 4.79 Å². The first-order valence-corrected chi connectivity index (χ1v) is 2.64. The molecule has 0 aliphatic heterocycles. The summed E-state index contributed by atoms with van der Waals surface area (Å²) in [6.07, 6.45) is 3.42. The van der Waals surface area contributed by atoms with Crippen molar-refractivity contribution in [3.05, 3.63) is 6.42 Å². The van der Waals surface area contributed by atoms with Crippen molar-refractivity contribution in [2.24, 2.45) is 10.9 Å². The van der Waals surface area contributed by atoms with Crippen molar-refractivity contribution in [2.75, 3.05) is 6.54 Å². The van der Waals surface area contributed by atoms with Crippen LogP contribution in [0.1, 0.15) is 13.8 Å². The lowest BCUT2D eigenvalue weighted by Gasteiger charge is -1.95. The van der Waals surface area contributed by atoms with E-state index in [2.05, 4.69) is 4.99 Å². The lowest BCUT2D eigenvalue weighted by molar-refractivity contribution is 0.563. The van der Waals surface area contributed by atoms with E-state index in [1.165, 1.54) is 6.08 Å². The Labute approximate surface area is 49.6 Å². The minimum Gasteiger partial charge on any atom is -0.211 e. The molecular formula is C6H10NO. The van der Waals surface area contributed by atoms with Crippen molar-refractivity contribution < 1.29 is 4.79 Å². The van der Waals surface area contributed by atoms with Gasteiger partial charge in [-0.2, -0.15) is 0 Å². The zero-order chi connectivity index (χ0) is 6.41. The third-order valence-electron chi connectivity index (χ3n) is 0.733. The Balaban J connectivity index is 3.05. The van der Waals surface area contributed by atoms with Crippen molar-refractivity contribution in [1.82, 2.24) is 0 Å². The first-order valence-electron chi connectivity index (χ1n) is 2.64. The highest BCUT2D eigenvalue weighted by molar-refractivity contribution is 5.33. The van der Waals surface area contributed by atoms with Crippen LogP contribution in [0.25, 0.3) is 0 Å². The van der Waals surface area contributed by atoms with E-state index in [1.54, 1.807) is 0 Å². The number of carbonyl (C=O) groups excluding carboxylic acids is 1. The minimum absolute atomic E-state index is 0.501. The van der Waals surface area contributed by atoms with Crippen LogP contribution < -0.4 is 0 Å². The molecule has 0 aliphatic carbocycles. The highest BCUT2D eigenvalue weighted by Gasteiger charge is 1.89. The maximum absolute atomic E-state index is 9.47. The molecule has 0 aromatic rings. The summed E-state index contributed by atoms with van der Waals surface area (Å²) in [5.41, 5.74) is 0. The van der Waals surface area contributed by atoms with Gasteiger partial charge < -0.3 is 0 Å². The average Bonchev–Trinajstić information content (AvgIpc) is 1.66. The molecule has 45 valence electrons. The fourth-order valence-electron chi connectivity index (χ4n) is 0.301. The highest BCUT2D eigenvalue weighted by Crippen LogP contribution is 1.95. The van der Waals surface area contributed by atoms with E-state index in [0.29, 0.717) is 12.5 Å². The van der Waals surface area contributed by atoms with Crippen molar-refractivity contribution in [3.63, 3.8) is 0 Å². The first kappa shape index (κ1) is 7.38. The molecule has 0 spiro atoms. The van der Waals surface area contributed by atoms with Gasteiger partial charge in [-0.15, -0.1) is 0 Å².